The average Bonchev–Trinajstić information content (AvgIpc) is 2.87. The predicted octanol–water partition coefficient (Wildman–Crippen LogP) is 4.14. The van der Waals surface area contributed by atoms with Crippen molar-refractivity contribution in [1.29, 1.82) is 0 Å². The highest BCUT2D eigenvalue weighted by molar-refractivity contribution is 5.78. The summed E-state index contributed by atoms with van der Waals surface area (Å²) in [5.41, 5.74) is 5.74. The fraction of sp³-hybridized carbons (Fsp3) is 0.0625. The number of alkyl halides is 3. The first-order chi connectivity index (χ1) is 10.5. The molecule has 6 heteroatoms. The highest BCUT2D eigenvalue weighted by Gasteiger charge is 2.39. The van der Waals surface area contributed by atoms with Crippen molar-refractivity contribution < 1.29 is 13.2 Å². The molecule has 0 aliphatic carbocycles. The molecule has 0 amide bonds. The zero-order valence-corrected chi connectivity index (χ0v) is 11.4. The van der Waals surface area contributed by atoms with E-state index in [1.54, 1.807) is 60.7 Å². The zero-order chi connectivity index (χ0) is 15.7. The monoisotopic (exact) mass is 303 g/mol. The lowest BCUT2D eigenvalue weighted by atomic mass is 10.1. The summed E-state index contributed by atoms with van der Waals surface area (Å²) in [6.45, 7) is 0. The van der Waals surface area contributed by atoms with Crippen LogP contribution in [0.25, 0.3) is 16.8 Å². The van der Waals surface area contributed by atoms with Gasteiger partial charge in [-0.1, -0.05) is 48.5 Å². The third-order valence-corrected chi connectivity index (χ3v) is 3.25. The van der Waals surface area contributed by atoms with Crippen LogP contribution in [0.1, 0.15) is 5.69 Å². The molecule has 0 radical (unpaired) electrons. The molecule has 22 heavy (non-hydrogen) atoms. The number of anilines is 1. The Kier molecular flexibility index (Phi) is 3.36. The molecule has 3 rings (SSSR count). The molecule has 0 spiro atoms. The molecule has 112 valence electrons. The van der Waals surface area contributed by atoms with Gasteiger partial charge >= 0.3 is 6.18 Å². The molecule has 0 saturated carbocycles. The number of benzene rings is 2. The number of hydrogen-bond acceptors (Lipinski definition) is 2. The van der Waals surface area contributed by atoms with Crippen molar-refractivity contribution >= 4 is 5.82 Å². The molecule has 0 aliphatic heterocycles. The molecule has 2 N–H and O–H groups in total. The van der Waals surface area contributed by atoms with Gasteiger partial charge in [0.15, 0.2) is 5.69 Å². The third-order valence-electron chi connectivity index (χ3n) is 3.25. The number of para-hydroxylation sites is 1. The summed E-state index contributed by atoms with van der Waals surface area (Å²) >= 11 is 0. The average molecular weight is 303 g/mol. The Bertz CT molecular complexity index is 778. The topological polar surface area (TPSA) is 43.8 Å². The minimum absolute atomic E-state index is 0.0373. The van der Waals surface area contributed by atoms with E-state index in [1.807, 2.05) is 0 Å². The second-order valence-electron chi connectivity index (χ2n) is 4.72. The second kappa shape index (κ2) is 5.22. The van der Waals surface area contributed by atoms with E-state index in [4.69, 9.17) is 5.73 Å². The van der Waals surface area contributed by atoms with Crippen molar-refractivity contribution in [2.45, 2.75) is 6.18 Å². The molecule has 1 aromatic heterocycles. The summed E-state index contributed by atoms with van der Waals surface area (Å²) in [5.74, 6) is -0.0373. The van der Waals surface area contributed by atoms with E-state index in [2.05, 4.69) is 5.10 Å². The number of nitrogens with zero attached hydrogens (tertiary/aromatic N) is 2. The zero-order valence-electron chi connectivity index (χ0n) is 11.4. The maximum atomic E-state index is 13.3. The van der Waals surface area contributed by atoms with Crippen LogP contribution in [0.3, 0.4) is 0 Å². The van der Waals surface area contributed by atoms with Gasteiger partial charge in [-0.2, -0.15) is 18.3 Å². The molecule has 2 aromatic carbocycles. The lowest BCUT2D eigenvalue weighted by Gasteiger charge is -2.06. The first-order valence-electron chi connectivity index (χ1n) is 6.55. The standard InChI is InChI=1S/C16H12F3N3/c17-16(18,19)14-13(11-7-3-1-4-8-11)15(20)22(21-14)12-9-5-2-6-10-12/h1-10H,20H2. The Morgan fingerprint density at radius 1 is 0.864 bits per heavy atom. The Hall–Kier alpha value is -2.76. The van der Waals surface area contributed by atoms with Gasteiger partial charge in [0.1, 0.15) is 5.82 Å². The van der Waals surface area contributed by atoms with E-state index in [-0.39, 0.29) is 11.4 Å². The smallest absolute Gasteiger partial charge is 0.383 e. The Balaban J connectivity index is 2.27. The van der Waals surface area contributed by atoms with Crippen molar-refractivity contribution in [3.8, 4) is 16.8 Å². The van der Waals surface area contributed by atoms with E-state index in [0.29, 0.717) is 11.3 Å². The highest BCUT2D eigenvalue weighted by atomic mass is 19.4. The van der Waals surface area contributed by atoms with Crippen molar-refractivity contribution in [2.75, 3.05) is 5.73 Å². The van der Waals surface area contributed by atoms with Crippen LogP contribution in [0.2, 0.25) is 0 Å². The van der Waals surface area contributed by atoms with Crippen LogP contribution < -0.4 is 5.73 Å². The molecule has 0 fully saturated rings. The number of rotatable bonds is 2. The van der Waals surface area contributed by atoms with Crippen LogP contribution in [-0.4, -0.2) is 9.78 Å². The fourth-order valence-electron chi connectivity index (χ4n) is 2.28. The summed E-state index contributed by atoms with van der Waals surface area (Å²) in [6.07, 6.45) is -4.58. The maximum Gasteiger partial charge on any atom is 0.435 e. The van der Waals surface area contributed by atoms with Crippen LogP contribution in [0, 0.1) is 0 Å². The molecule has 0 aliphatic rings. The minimum atomic E-state index is -4.58. The first-order valence-corrected chi connectivity index (χ1v) is 6.55. The van der Waals surface area contributed by atoms with Gasteiger partial charge in [-0.25, -0.2) is 4.68 Å². The van der Waals surface area contributed by atoms with Gasteiger partial charge in [-0.05, 0) is 17.7 Å². The summed E-state index contributed by atoms with van der Waals surface area (Å²) < 4.78 is 41.1. The van der Waals surface area contributed by atoms with Crippen LogP contribution in [-0.2, 0) is 6.18 Å². The number of nitrogens with two attached hydrogens (primary N) is 1. The number of aromatic nitrogens is 2. The van der Waals surface area contributed by atoms with Crippen molar-refractivity contribution in [3.05, 3.63) is 66.4 Å². The summed E-state index contributed by atoms with van der Waals surface area (Å²) in [4.78, 5) is 0. The molecular weight excluding hydrogens is 291 g/mol. The summed E-state index contributed by atoms with van der Waals surface area (Å²) in [5, 5.41) is 3.69. The molecule has 0 bridgehead atoms. The van der Waals surface area contributed by atoms with Gasteiger partial charge in [0.25, 0.3) is 0 Å². The van der Waals surface area contributed by atoms with Gasteiger partial charge in [0.2, 0.25) is 0 Å². The number of nitrogen functional groups attached to an aromatic ring is 1. The largest absolute Gasteiger partial charge is 0.435 e. The Labute approximate surface area is 124 Å². The van der Waals surface area contributed by atoms with Gasteiger partial charge in [-0.3, -0.25) is 0 Å². The second-order valence-corrected chi connectivity index (χ2v) is 4.72. The molecule has 0 atom stereocenters. The first kappa shape index (κ1) is 14.2. The quantitative estimate of drug-likeness (QED) is 0.773. The van der Waals surface area contributed by atoms with Crippen LogP contribution in [0.4, 0.5) is 19.0 Å². The minimum Gasteiger partial charge on any atom is -0.383 e. The van der Waals surface area contributed by atoms with Crippen molar-refractivity contribution in [2.24, 2.45) is 0 Å². The molecule has 0 saturated heterocycles. The SMILES string of the molecule is Nc1c(-c2ccccc2)c(C(F)(F)F)nn1-c1ccccc1. The maximum absolute atomic E-state index is 13.3. The fourth-order valence-corrected chi connectivity index (χ4v) is 2.28. The van der Waals surface area contributed by atoms with E-state index >= 15 is 0 Å². The van der Waals surface area contributed by atoms with E-state index in [1.165, 1.54) is 0 Å². The number of hydrogen-bond donors (Lipinski definition) is 1. The lowest BCUT2D eigenvalue weighted by Crippen LogP contribution is -2.08. The van der Waals surface area contributed by atoms with Crippen LogP contribution in [0.15, 0.2) is 60.7 Å². The normalized spacial score (nSPS) is 11.6. The van der Waals surface area contributed by atoms with E-state index < -0.39 is 11.9 Å². The molecule has 3 aromatic rings. The molecule has 3 nitrogen and oxygen atoms in total. The van der Waals surface area contributed by atoms with Gasteiger partial charge in [0.05, 0.1) is 11.3 Å². The Morgan fingerprint density at radius 2 is 1.41 bits per heavy atom. The van der Waals surface area contributed by atoms with Gasteiger partial charge < -0.3 is 5.73 Å². The predicted molar refractivity (Wildman–Crippen MR) is 78.4 cm³/mol. The van der Waals surface area contributed by atoms with E-state index in [0.717, 1.165) is 4.68 Å². The van der Waals surface area contributed by atoms with Crippen molar-refractivity contribution in [3.63, 3.8) is 0 Å². The van der Waals surface area contributed by atoms with Crippen LogP contribution in [0.5, 0.6) is 0 Å². The molecular formula is C16H12F3N3. The van der Waals surface area contributed by atoms with Crippen molar-refractivity contribution in [1.82, 2.24) is 9.78 Å². The van der Waals surface area contributed by atoms with Crippen LogP contribution >= 0.6 is 0 Å². The third kappa shape index (κ3) is 2.43. The molecule has 0 unspecified atom stereocenters. The van der Waals surface area contributed by atoms with E-state index in [9.17, 15) is 13.2 Å². The lowest BCUT2D eigenvalue weighted by molar-refractivity contribution is -0.140. The van der Waals surface area contributed by atoms with Gasteiger partial charge in [0, 0.05) is 0 Å². The number of halogens is 3. The summed E-state index contributed by atoms with van der Waals surface area (Å²) in [7, 11) is 0. The Morgan fingerprint density at radius 3 is 1.95 bits per heavy atom. The molecule has 1 heterocycles. The summed E-state index contributed by atoms with van der Waals surface area (Å²) in [6, 6.07) is 16.7. The van der Waals surface area contributed by atoms with Gasteiger partial charge in [-0.15, -0.1) is 0 Å². The highest BCUT2D eigenvalue weighted by Crippen LogP contribution is 2.40.